The molecule has 0 spiro atoms. The highest BCUT2D eigenvalue weighted by Gasteiger charge is 2.47. The van der Waals surface area contributed by atoms with Crippen molar-refractivity contribution in [1.82, 2.24) is 0 Å². The van der Waals surface area contributed by atoms with Crippen molar-refractivity contribution in [2.75, 3.05) is 0 Å². The summed E-state index contributed by atoms with van der Waals surface area (Å²) < 4.78 is -3.00. The molecule has 74 valence electrons. The Morgan fingerprint density at radius 2 is 1.77 bits per heavy atom. The van der Waals surface area contributed by atoms with Crippen molar-refractivity contribution in [2.45, 2.75) is 28.4 Å². The molecule has 1 aliphatic rings. The van der Waals surface area contributed by atoms with Crippen molar-refractivity contribution in [3.8, 4) is 0 Å². The van der Waals surface area contributed by atoms with E-state index in [0.717, 1.165) is 5.57 Å². The van der Waals surface area contributed by atoms with Crippen molar-refractivity contribution in [3.05, 3.63) is 11.6 Å². The van der Waals surface area contributed by atoms with Crippen LogP contribution in [0.25, 0.3) is 0 Å². The highest BCUT2D eigenvalue weighted by Crippen LogP contribution is 2.42. The number of rotatable bonds is 0. The highest BCUT2D eigenvalue weighted by atomic mass is 35.5. The van der Waals surface area contributed by atoms with Gasteiger partial charge in [0.15, 0.2) is 8.67 Å². The largest absolute Gasteiger partial charge is 0.293 e. The summed E-state index contributed by atoms with van der Waals surface area (Å²) in [6.45, 7) is 1.84. The van der Waals surface area contributed by atoms with E-state index in [-0.39, 0.29) is 12.8 Å². The van der Waals surface area contributed by atoms with Gasteiger partial charge in [0, 0.05) is 12.8 Å². The third-order valence-electron chi connectivity index (χ3n) is 1.87. The van der Waals surface area contributed by atoms with E-state index in [1.165, 1.54) is 0 Å². The molecule has 1 rings (SSSR count). The molecule has 0 N–H and O–H groups in total. The first-order chi connectivity index (χ1) is 5.76. The number of alkyl halides is 4. The Balaban J connectivity index is 3.05. The van der Waals surface area contributed by atoms with Gasteiger partial charge in [-0.15, -0.1) is 0 Å². The lowest BCUT2D eigenvalue weighted by Gasteiger charge is -2.22. The van der Waals surface area contributed by atoms with Crippen molar-refractivity contribution >= 4 is 52.2 Å². The molecule has 13 heavy (non-hydrogen) atoms. The number of hydrogen-bond donors (Lipinski definition) is 0. The first-order valence-corrected chi connectivity index (χ1v) is 5.23. The molecule has 0 aliphatic heterocycles. The van der Waals surface area contributed by atoms with Crippen LogP contribution in [0.1, 0.15) is 19.8 Å². The standard InChI is InChI=1S/C8H8Cl4O/c1-5-2-3-7(9,10)6(13)8(11,12)4-5/h2H,3-4H2,1H3. The van der Waals surface area contributed by atoms with Crippen LogP contribution in [-0.2, 0) is 4.79 Å². The van der Waals surface area contributed by atoms with Crippen LogP contribution in [0.4, 0.5) is 0 Å². The van der Waals surface area contributed by atoms with Crippen LogP contribution in [0.15, 0.2) is 11.6 Å². The molecule has 0 fully saturated rings. The van der Waals surface area contributed by atoms with Gasteiger partial charge in [0.2, 0.25) is 5.78 Å². The summed E-state index contributed by atoms with van der Waals surface area (Å²) in [6.07, 6.45) is 2.31. The van der Waals surface area contributed by atoms with Gasteiger partial charge in [0.05, 0.1) is 0 Å². The summed E-state index contributed by atoms with van der Waals surface area (Å²) in [7, 11) is 0. The normalized spacial score (nSPS) is 26.5. The van der Waals surface area contributed by atoms with Gasteiger partial charge in [-0.05, 0) is 6.92 Å². The highest BCUT2D eigenvalue weighted by molar-refractivity contribution is 6.68. The van der Waals surface area contributed by atoms with Gasteiger partial charge >= 0.3 is 0 Å². The Labute approximate surface area is 97.0 Å². The van der Waals surface area contributed by atoms with E-state index in [1.54, 1.807) is 6.08 Å². The SMILES string of the molecule is CC1=CCC(Cl)(Cl)C(=O)C(Cl)(Cl)C1. The zero-order valence-electron chi connectivity index (χ0n) is 6.91. The molecule has 0 aromatic carbocycles. The van der Waals surface area contributed by atoms with Crippen LogP contribution in [0, 0.1) is 0 Å². The predicted octanol–water partition coefficient (Wildman–Crippen LogP) is 3.64. The molecular formula is C8H8Cl4O. The number of halogens is 4. The number of Topliss-reactive ketones (excluding diaryl/α,β-unsaturated/α-hetero) is 1. The Kier molecular flexibility index (Phi) is 3.24. The molecule has 1 aliphatic carbocycles. The minimum atomic E-state index is -1.50. The molecule has 0 unspecified atom stereocenters. The first-order valence-electron chi connectivity index (χ1n) is 3.72. The van der Waals surface area contributed by atoms with Crippen LogP contribution in [0.2, 0.25) is 0 Å². The lowest BCUT2D eigenvalue weighted by Crippen LogP contribution is -2.38. The Bertz CT molecular complexity index is 267. The molecule has 0 amide bonds. The molecule has 0 aromatic heterocycles. The first kappa shape index (κ1) is 11.6. The fraction of sp³-hybridized carbons (Fsp3) is 0.625. The minimum absolute atomic E-state index is 0.252. The van der Waals surface area contributed by atoms with E-state index in [1.807, 2.05) is 6.92 Å². The monoisotopic (exact) mass is 260 g/mol. The maximum Gasteiger partial charge on any atom is 0.205 e. The third-order valence-corrected chi connectivity index (χ3v) is 3.13. The Hall–Kier alpha value is 0.570. The number of hydrogen-bond acceptors (Lipinski definition) is 1. The van der Waals surface area contributed by atoms with Crippen LogP contribution in [0.3, 0.4) is 0 Å². The van der Waals surface area contributed by atoms with Crippen molar-refractivity contribution in [3.63, 3.8) is 0 Å². The molecule has 0 heterocycles. The lowest BCUT2D eigenvalue weighted by atomic mass is 10.1. The van der Waals surface area contributed by atoms with Crippen LogP contribution in [-0.4, -0.2) is 14.4 Å². The van der Waals surface area contributed by atoms with Gasteiger partial charge < -0.3 is 0 Å². The predicted molar refractivity (Wildman–Crippen MR) is 56.9 cm³/mol. The molecule has 5 heteroatoms. The van der Waals surface area contributed by atoms with Gasteiger partial charge in [-0.2, -0.15) is 0 Å². The third kappa shape index (κ3) is 2.53. The molecule has 1 nitrogen and oxygen atoms in total. The zero-order valence-corrected chi connectivity index (χ0v) is 9.94. The average molecular weight is 262 g/mol. The summed E-state index contributed by atoms with van der Waals surface area (Å²) >= 11 is 23.2. The van der Waals surface area contributed by atoms with E-state index in [9.17, 15) is 4.79 Å². The summed E-state index contributed by atoms with van der Waals surface area (Å²) in [6, 6.07) is 0. The second kappa shape index (κ2) is 3.62. The van der Waals surface area contributed by atoms with Crippen molar-refractivity contribution in [1.29, 1.82) is 0 Å². The van der Waals surface area contributed by atoms with E-state index < -0.39 is 14.4 Å². The number of allylic oxidation sites excluding steroid dienone is 2. The fourth-order valence-corrected chi connectivity index (χ4v) is 2.58. The molecule has 0 aromatic rings. The maximum atomic E-state index is 11.6. The van der Waals surface area contributed by atoms with Crippen molar-refractivity contribution < 1.29 is 4.79 Å². The topological polar surface area (TPSA) is 17.1 Å². The molecule has 0 atom stereocenters. The van der Waals surface area contributed by atoms with E-state index in [4.69, 9.17) is 46.4 Å². The van der Waals surface area contributed by atoms with Gasteiger partial charge in [-0.3, -0.25) is 4.79 Å². The van der Waals surface area contributed by atoms with E-state index in [0.29, 0.717) is 0 Å². The lowest BCUT2D eigenvalue weighted by molar-refractivity contribution is -0.120. The van der Waals surface area contributed by atoms with Gasteiger partial charge in [0.25, 0.3) is 0 Å². The molecular weight excluding hydrogens is 254 g/mol. The van der Waals surface area contributed by atoms with E-state index in [2.05, 4.69) is 0 Å². The second-order valence-electron chi connectivity index (χ2n) is 3.17. The van der Waals surface area contributed by atoms with E-state index >= 15 is 0 Å². The molecule has 0 bridgehead atoms. The number of carbonyl (C=O) groups excluding carboxylic acids is 1. The van der Waals surface area contributed by atoms with Gasteiger partial charge in [-0.1, -0.05) is 58.1 Å². The Morgan fingerprint density at radius 3 is 2.31 bits per heavy atom. The second-order valence-corrected chi connectivity index (χ2v) is 6.14. The smallest absolute Gasteiger partial charge is 0.205 e. The van der Waals surface area contributed by atoms with Crippen LogP contribution < -0.4 is 0 Å². The van der Waals surface area contributed by atoms with Crippen molar-refractivity contribution in [2.24, 2.45) is 0 Å². The van der Waals surface area contributed by atoms with Gasteiger partial charge in [-0.25, -0.2) is 0 Å². The number of carbonyl (C=O) groups is 1. The Morgan fingerprint density at radius 1 is 1.23 bits per heavy atom. The minimum Gasteiger partial charge on any atom is -0.293 e. The van der Waals surface area contributed by atoms with Crippen LogP contribution >= 0.6 is 46.4 Å². The summed E-state index contributed by atoms with van der Waals surface area (Å²) in [5.74, 6) is -0.542. The average Bonchev–Trinajstić information content (AvgIpc) is 2.03. The summed E-state index contributed by atoms with van der Waals surface area (Å²) in [4.78, 5) is 11.6. The fourth-order valence-electron chi connectivity index (χ4n) is 1.17. The van der Waals surface area contributed by atoms with Crippen LogP contribution in [0.5, 0.6) is 0 Å². The quantitative estimate of drug-likeness (QED) is 0.481. The number of ketones is 1. The zero-order chi connectivity index (χ0) is 10.3. The molecule has 0 saturated carbocycles. The maximum absolute atomic E-state index is 11.6. The summed E-state index contributed by atoms with van der Waals surface area (Å²) in [5.41, 5.74) is 0.918. The molecule has 0 radical (unpaired) electrons. The summed E-state index contributed by atoms with van der Waals surface area (Å²) in [5, 5.41) is 0. The van der Waals surface area contributed by atoms with Gasteiger partial charge in [0.1, 0.15) is 0 Å². The molecule has 0 saturated heterocycles.